The van der Waals surface area contributed by atoms with Crippen LogP contribution in [0.1, 0.15) is 105 Å². The Labute approximate surface area is 244 Å². The Hall–Kier alpha value is -3.73. The number of aromatic nitrogens is 2. The molecule has 0 bridgehead atoms. The smallest absolute Gasteiger partial charge is 0.336 e. The molecule has 0 aliphatic heterocycles. The average Bonchev–Trinajstić information content (AvgIpc) is 3.23. The highest BCUT2D eigenvalue weighted by Gasteiger charge is 2.20. The van der Waals surface area contributed by atoms with Crippen LogP contribution in [0.15, 0.2) is 65.5 Å². The van der Waals surface area contributed by atoms with Gasteiger partial charge in [-0.25, -0.2) is 9.78 Å². The van der Waals surface area contributed by atoms with E-state index >= 15 is 0 Å². The molecule has 216 valence electrons. The van der Waals surface area contributed by atoms with Gasteiger partial charge >= 0.3 is 5.97 Å². The molecule has 1 heterocycles. The van der Waals surface area contributed by atoms with Gasteiger partial charge in [-0.3, -0.25) is 4.79 Å². The molecular formula is C36H44N2O3. The first kappa shape index (κ1) is 30.2. The van der Waals surface area contributed by atoms with Crippen molar-refractivity contribution in [3.05, 3.63) is 99.0 Å². The van der Waals surface area contributed by atoms with E-state index in [4.69, 9.17) is 4.98 Å². The van der Waals surface area contributed by atoms with E-state index in [2.05, 4.69) is 25.3 Å². The second kappa shape index (κ2) is 14.8. The molecule has 0 atom stereocenters. The minimum absolute atomic E-state index is 0.137. The fourth-order valence-corrected chi connectivity index (χ4v) is 5.66. The lowest BCUT2D eigenvalue weighted by molar-refractivity contribution is 0.0696. The van der Waals surface area contributed by atoms with Gasteiger partial charge in [0.2, 0.25) is 0 Å². The molecule has 4 aromatic rings. The Balaban J connectivity index is 1.91. The number of nitrogens with zero attached hydrogens (tertiary/aromatic N) is 2. The topological polar surface area (TPSA) is 72.2 Å². The van der Waals surface area contributed by atoms with Crippen molar-refractivity contribution in [1.82, 2.24) is 9.55 Å². The molecule has 1 N–H and O–H groups in total. The van der Waals surface area contributed by atoms with Crippen LogP contribution in [0.3, 0.4) is 0 Å². The zero-order valence-corrected chi connectivity index (χ0v) is 24.9. The number of imidazole rings is 1. The monoisotopic (exact) mass is 552 g/mol. The summed E-state index contributed by atoms with van der Waals surface area (Å²) in [5, 5.41) is 10.4. The lowest BCUT2D eigenvalue weighted by Crippen LogP contribution is -2.13. The molecule has 5 heteroatoms. The number of carbonyl (C=O) groups is 1. The normalized spacial score (nSPS) is 11.3. The molecule has 3 aromatic carbocycles. The number of carboxylic acid groups (broad SMARTS) is 1. The first-order valence-corrected chi connectivity index (χ1v) is 15.4. The summed E-state index contributed by atoms with van der Waals surface area (Å²) in [6.07, 6.45) is 10.8. The van der Waals surface area contributed by atoms with Crippen LogP contribution in [-0.2, 0) is 25.8 Å². The van der Waals surface area contributed by atoms with Crippen LogP contribution in [0.2, 0.25) is 0 Å². The SMILES string of the molecule is CCCCCCc1nc2cc(CCCC)c(=O)c(CCCC)cc2n1Cc1cccc(-c2ccccc2)c1C(=O)O. The molecule has 5 nitrogen and oxygen atoms in total. The Bertz CT molecular complexity index is 1520. The maximum atomic E-state index is 13.6. The number of unbranched alkanes of at least 4 members (excludes halogenated alkanes) is 5. The van der Waals surface area contributed by atoms with Crippen LogP contribution >= 0.6 is 0 Å². The quantitative estimate of drug-likeness (QED) is 0.150. The van der Waals surface area contributed by atoms with Crippen molar-refractivity contribution in [3.63, 3.8) is 0 Å². The summed E-state index contributed by atoms with van der Waals surface area (Å²) in [7, 11) is 0. The van der Waals surface area contributed by atoms with Crippen LogP contribution < -0.4 is 5.43 Å². The van der Waals surface area contributed by atoms with Gasteiger partial charge in [-0.15, -0.1) is 0 Å². The molecule has 0 fully saturated rings. The minimum atomic E-state index is -0.939. The van der Waals surface area contributed by atoms with E-state index in [0.717, 1.165) is 103 Å². The maximum absolute atomic E-state index is 13.6. The Morgan fingerprint density at radius 2 is 1.44 bits per heavy atom. The van der Waals surface area contributed by atoms with Crippen molar-refractivity contribution >= 4 is 17.0 Å². The van der Waals surface area contributed by atoms with Gasteiger partial charge in [0, 0.05) is 17.5 Å². The highest BCUT2D eigenvalue weighted by molar-refractivity contribution is 5.97. The Kier molecular flexibility index (Phi) is 10.9. The third kappa shape index (κ3) is 7.32. The first-order chi connectivity index (χ1) is 20.0. The zero-order valence-electron chi connectivity index (χ0n) is 24.9. The number of rotatable bonds is 15. The zero-order chi connectivity index (χ0) is 29.2. The van der Waals surface area contributed by atoms with Crippen molar-refractivity contribution in [2.45, 2.75) is 97.9 Å². The van der Waals surface area contributed by atoms with Crippen molar-refractivity contribution < 1.29 is 9.90 Å². The predicted molar refractivity (Wildman–Crippen MR) is 169 cm³/mol. The highest BCUT2D eigenvalue weighted by atomic mass is 16.4. The van der Waals surface area contributed by atoms with E-state index in [0.29, 0.717) is 17.7 Å². The van der Waals surface area contributed by atoms with E-state index in [-0.39, 0.29) is 5.43 Å². The second-order valence-corrected chi connectivity index (χ2v) is 11.1. The fraction of sp³-hybridized carbons (Fsp3) is 0.417. The van der Waals surface area contributed by atoms with Gasteiger partial charge in [0.05, 0.1) is 23.1 Å². The summed E-state index contributed by atoms with van der Waals surface area (Å²) in [5.74, 6) is 0.0188. The third-order valence-electron chi connectivity index (χ3n) is 7.95. The summed E-state index contributed by atoms with van der Waals surface area (Å²) in [4.78, 5) is 31.4. The average molecular weight is 553 g/mol. The van der Waals surface area contributed by atoms with E-state index in [1.165, 1.54) is 6.42 Å². The van der Waals surface area contributed by atoms with E-state index < -0.39 is 5.97 Å². The van der Waals surface area contributed by atoms with Crippen molar-refractivity contribution in [3.8, 4) is 11.1 Å². The van der Waals surface area contributed by atoms with Gasteiger partial charge < -0.3 is 9.67 Å². The van der Waals surface area contributed by atoms with E-state index in [9.17, 15) is 14.7 Å². The second-order valence-electron chi connectivity index (χ2n) is 11.1. The molecule has 41 heavy (non-hydrogen) atoms. The molecule has 0 saturated heterocycles. The van der Waals surface area contributed by atoms with Crippen molar-refractivity contribution in [2.75, 3.05) is 0 Å². The number of aryl methyl sites for hydroxylation is 3. The molecule has 0 radical (unpaired) electrons. The molecule has 0 aliphatic rings. The molecule has 1 aromatic heterocycles. The number of carboxylic acids is 1. The summed E-state index contributed by atoms with van der Waals surface area (Å²) < 4.78 is 2.18. The predicted octanol–water partition coefficient (Wildman–Crippen LogP) is 8.62. The lowest BCUT2D eigenvalue weighted by Gasteiger charge is -2.15. The largest absolute Gasteiger partial charge is 0.478 e. The van der Waals surface area contributed by atoms with Gasteiger partial charge in [-0.05, 0) is 60.9 Å². The number of fused-ring (bicyclic) bond motifs is 1. The Morgan fingerprint density at radius 1 is 0.756 bits per heavy atom. The Morgan fingerprint density at radius 3 is 2.10 bits per heavy atom. The molecule has 0 unspecified atom stereocenters. The highest BCUT2D eigenvalue weighted by Crippen LogP contribution is 2.29. The lowest BCUT2D eigenvalue weighted by atomic mass is 9.95. The van der Waals surface area contributed by atoms with Gasteiger partial charge in [-0.2, -0.15) is 0 Å². The summed E-state index contributed by atoms with van der Waals surface area (Å²) in [6, 6.07) is 19.5. The van der Waals surface area contributed by atoms with Gasteiger partial charge in [0.15, 0.2) is 5.43 Å². The number of hydrogen-bond acceptors (Lipinski definition) is 3. The molecule has 0 spiro atoms. The first-order valence-electron chi connectivity index (χ1n) is 15.4. The number of hydrogen-bond donors (Lipinski definition) is 1. The summed E-state index contributed by atoms with van der Waals surface area (Å²) in [5.41, 5.74) is 6.21. The van der Waals surface area contributed by atoms with Gasteiger partial charge in [-0.1, -0.05) is 101 Å². The fourth-order valence-electron chi connectivity index (χ4n) is 5.66. The van der Waals surface area contributed by atoms with E-state index in [1.54, 1.807) is 0 Å². The molecule has 0 aliphatic carbocycles. The molecule has 4 rings (SSSR count). The number of benzene rings is 2. The van der Waals surface area contributed by atoms with Crippen molar-refractivity contribution in [2.24, 2.45) is 0 Å². The summed E-state index contributed by atoms with van der Waals surface area (Å²) in [6.45, 7) is 6.89. The molecular weight excluding hydrogens is 508 g/mol. The van der Waals surface area contributed by atoms with Crippen LogP contribution in [0.5, 0.6) is 0 Å². The van der Waals surface area contributed by atoms with Crippen molar-refractivity contribution in [1.29, 1.82) is 0 Å². The van der Waals surface area contributed by atoms with Crippen LogP contribution in [0.4, 0.5) is 0 Å². The summed E-state index contributed by atoms with van der Waals surface area (Å²) >= 11 is 0. The maximum Gasteiger partial charge on any atom is 0.336 e. The molecule has 0 saturated carbocycles. The standard InChI is InChI=1S/C36H44N2O3/c1-4-7-10-14-22-33-37-31-23-27(16-8-5-2)35(39)28(17-9-6-3)24-32(31)38(33)25-29-20-15-21-30(34(29)36(40)41)26-18-12-11-13-19-26/h11-13,15,18-21,23-24H,4-10,14,16-17,22,25H2,1-3H3,(H,40,41). The number of aromatic carboxylic acids is 1. The third-order valence-corrected chi connectivity index (χ3v) is 7.95. The van der Waals surface area contributed by atoms with Gasteiger partial charge in [0.25, 0.3) is 0 Å². The molecule has 0 amide bonds. The van der Waals surface area contributed by atoms with Crippen LogP contribution in [0.25, 0.3) is 22.2 Å². The van der Waals surface area contributed by atoms with E-state index in [1.807, 2.05) is 60.7 Å². The van der Waals surface area contributed by atoms with Crippen LogP contribution in [0, 0.1) is 0 Å². The van der Waals surface area contributed by atoms with Crippen LogP contribution in [-0.4, -0.2) is 20.6 Å². The van der Waals surface area contributed by atoms with Gasteiger partial charge in [0.1, 0.15) is 5.82 Å². The minimum Gasteiger partial charge on any atom is -0.478 e.